The number of rotatable bonds is 5. The van der Waals surface area contributed by atoms with Crippen LogP contribution in [0.2, 0.25) is 5.02 Å². The Morgan fingerprint density at radius 3 is 2.42 bits per heavy atom. The number of nitrogens with two attached hydrogens (primary N) is 1. The third-order valence-corrected chi connectivity index (χ3v) is 6.14. The van der Waals surface area contributed by atoms with E-state index >= 15 is 0 Å². The fraction of sp³-hybridized carbons (Fsp3) is 0.538. The molecule has 0 heterocycles. The van der Waals surface area contributed by atoms with E-state index in [-0.39, 0.29) is 16.5 Å². The Bertz CT molecular complexity index is 556. The first-order valence-electron chi connectivity index (χ1n) is 6.14. The summed E-state index contributed by atoms with van der Waals surface area (Å²) in [7, 11) is -2.05. The van der Waals surface area contributed by atoms with Gasteiger partial charge in [0.15, 0.2) is 0 Å². The van der Waals surface area contributed by atoms with E-state index in [1.54, 1.807) is 25.2 Å². The average molecular weight is 305 g/mol. The molecule has 108 valence electrons. The van der Waals surface area contributed by atoms with Gasteiger partial charge in [-0.2, -0.15) is 4.31 Å². The molecule has 0 unspecified atom stereocenters. The molecule has 0 aromatic heterocycles. The summed E-state index contributed by atoms with van der Waals surface area (Å²) in [6.45, 7) is 5.99. The molecule has 1 rings (SSSR count). The molecule has 0 saturated carbocycles. The van der Waals surface area contributed by atoms with Crippen LogP contribution >= 0.6 is 11.6 Å². The van der Waals surface area contributed by atoms with E-state index in [4.69, 9.17) is 17.3 Å². The van der Waals surface area contributed by atoms with Gasteiger partial charge in [-0.25, -0.2) is 8.42 Å². The first kappa shape index (κ1) is 16.4. The zero-order chi connectivity index (χ0) is 14.8. The minimum Gasteiger partial charge on any atom is -0.326 e. The zero-order valence-electron chi connectivity index (χ0n) is 11.8. The summed E-state index contributed by atoms with van der Waals surface area (Å²) in [5.74, 6) is 0. The number of halogens is 1. The molecule has 0 aliphatic heterocycles. The van der Waals surface area contributed by atoms with Crippen LogP contribution in [-0.4, -0.2) is 25.3 Å². The first-order valence-corrected chi connectivity index (χ1v) is 7.96. The monoisotopic (exact) mass is 304 g/mol. The van der Waals surface area contributed by atoms with Gasteiger partial charge in [0.1, 0.15) is 4.90 Å². The normalized spacial score (nSPS) is 13.0. The van der Waals surface area contributed by atoms with E-state index in [2.05, 4.69) is 0 Å². The van der Waals surface area contributed by atoms with Gasteiger partial charge in [-0.1, -0.05) is 24.6 Å². The van der Waals surface area contributed by atoms with Crippen molar-refractivity contribution in [2.75, 3.05) is 7.05 Å². The molecule has 0 fully saturated rings. The second-order valence-electron chi connectivity index (χ2n) is 5.11. The SMILES string of the molecule is CCC(C)(C)N(C)S(=O)(=O)c1cc(CN)ccc1Cl. The van der Waals surface area contributed by atoms with Crippen molar-refractivity contribution in [2.24, 2.45) is 5.73 Å². The Balaban J connectivity index is 3.35. The van der Waals surface area contributed by atoms with Crippen LogP contribution in [0.1, 0.15) is 32.8 Å². The van der Waals surface area contributed by atoms with Gasteiger partial charge in [-0.3, -0.25) is 0 Å². The molecule has 1 aromatic rings. The van der Waals surface area contributed by atoms with Crippen LogP contribution in [0.5, 0.6) is 0 Å². The Hall–Kier alpha value is -0.620. The molecule has 0 atom stereocenters. The maximum atomic E-state index is 12.6. The fourth-order valence-corrected chi connectivity index (χ4v) is 3.67. The van der Waals surface area contributed by atoms with Crippen molar-refractivity contribution in [1.82, 2.24) is 4.31 Å². The van der Waals surface area contributed by atoms with Crippen LogP contribution in [0.25, 0.3) is 0 Å². The highest BCUT2D eigenvalue weighted by atomic mass is 35.5. The molecular weight excluding hydrogens is 284 g/mol. The van der Waals surface area contributed by atoms with Gasteiger partial charge in [0.25, 0.3) is 0 Å². The third-order valence-electron chi connectivity index (χ3n) is 3.59. The second-order valence-corrected chi connectivity index (χ2v) is 7.45. The quantitative estimate of drug-likeness (QED) is 0.909. The molecule has 1 aromatic carbocycles. The van der Waals surface area contributed by atoms with Crippen LogP contribution in [0.3, 0.4) is 0 Å². The molecule has 0 amide bonds. The second kappa shape index (κ2) is 5.79. The summed E-state index contributed by atoms with van der Waals surface area (Å²) in [6.07, 6.45) is 0.705. The standard InChI is InChI=1S/C13H21ClN2O2S/c1-5-13(2,3)16(4)19(17,18)12-8-10(9-15)6-7-11(12)14/h6-8H,5,9,15H2,1-4H3. The summed E-state index contributed by atoms with van der Waals surface area (Å²) in [5.41, 5.74) is 5.82. The highest BCUT2D eigenvalue weighted by molar-refractivity contribution is 7.89. The van der Waals surface area contributed by atoms with E-state index < -0.39 is 15.6 Å². The highest BCUT2D eigenvalue weighted by Gasteiger charge is 2.33. The molecule has 19 heavy (non-hydrogen) atoms. The molecule has 0 aliphatic rings. The Kier molecular flexibility index (Phi) is 5.01. The lowest BCUT2D eigenvalue weighted by Gasteiger charge is -2.34. The predicted molar refractivity (Wildman–Crippen MR) is 78.7 cm³/mol. The Labute approximate surface area is 120 Å². The maximum absolute atomic E-state index is 12.6. The lowest BCUT2D eigenvalue weighted by molar-refractivity contribution is 0.257. The molecule has 0 radical (unpaired) electrons. The highest BCUT2D eigenvalue weighted by Crippen LogP contribution is 2.30. The molecular formula is C13H21ClN2O2S. The average Bonchev–Trinajstić information content (AvgIpc) is 2.38. The van der Waals surface area contributed by atoms with Crippen LogP contribution < -0.4 is 5.73 Å². The van der Waals surface area contributed by atoms with E-state index in [0.717, 1.165) is 5.56 Å². The molecule has 0 spiro atoms. The van der Waals surface area contributed by atoms with Gasteiger partial charge < -0.3 is 5.73 Å². The summed E-state index contributed by atoms with van der Waals surface area (Å²) < 4.78 is 26.6. The van der Waals surface area contributed by atoms with Crippen LogP contribution in [-0.2, 0) is 16.6 Å². The lowest BCUT2D eigenvalue weighted by Crippen LogP contribution is -2.44. The van der Waals surface area contributed by atoms with E-state index in [9.17, 15) is 8.42 Å². The number of hydrogen-bond acceptors (Lipinski definition) is 3. The largest absolute Gasteiger partial charge is 0.326 e. The van der Waals surface area contributed by atoms with Gasteiger partial charge in [0.2, 0.25) is 10.0 Å². The Morgan fingerprint density at radius 2 is 1.95 bits per heavy atom. The van der Waals surface area contributed by atoms with E-state index in [1.807, 2.05) is 20.8 Å². The number of sulfonamides is 1. The van der Waals surface area contributed by atoms with Gasteiger partial charge in [-0.05, 0) is 38.0 Å². The van der Waals surface area contributed by atoms with E-state index in [0.29, 0.717) is 6.42 Å². The molecule has 0 aliphatic carbocycles. The van der Waals surface area contributed by atoms with Crippen LogP contribution in [0.4, 0.5) is 0 Å². The summed E-state index contributed by atoms with van der Waals surface area (Å²) in [5, 5.41) is 0.218. The smallest absolute Gasteiger partial charge is 0.244 e. The summed E-state index contributed by atoms with van der Waals surface area (Å²) in [6, 6.07) is 4.84. The maximum Gasteiger partial charge on any atom is 0.244 e. The van der Waals surface area contributed by atoms with Crippen molar-refractivity contribution in [1.29, 1.82) is 0 Å². The van der Waals surface area contributed by atoms with Crippen molar-refractivity contribution < 1.29 is 8.42 Å². The lowest BCUT2D eigenvalue weighted by atomic mass is 10.0. The number of nitrogens with zero attached hydrogens (tertiary/aromatic N) is 1. The van der Waals surface area contributed by atoms with Gasteiger partial charge in [0.05, 0.1) is 5.02 Å². The molecule has 0 bridgehead atoms. The number of benzene rings is 1. The van der Waals surface area contributed by atoms with Crippen molar-refractivity contribution >= 4 is 21.6 Å². The minimum absolute atomic E-state index is 0.112. The van der Waals surface area contributed by atoms with Crippen molar-refractivity contribution in [3.8, 4) is 0 Å². The molecule has 0 saturated heterocycles. The zero-order valence-corrected chi connectivity index (χ0v) is 13.3. The van der Waals surface area contributed by atoms with Crippen LogP contribution in [0.15, 0.2) is 23.1 Å². The topological polar surface area (TPSA) is 63.4 Å². The molecule has 2 N–H and O–H groups in total. The summed E-state index contributed by atoms with van der Waals surface area (Å²) >= 11 is 6.03. The van der Waals surface area contributed by atoms with Gasteiger partial charge >= 0.3 is 0 Å². The fourth-order valence-electron chi connectivity index (χ4n) is 1.57. The molecule has 4 nitrogen and oxygen atoms in total. The first-order chi connectivity index (χ1) is 8.66. The Morgan fingerprint density at radius 1 is 1.37 bits per heavy atom. The van der Waals surface area contributed by atoms with Crippen molar-refractivity contribution in [3.05, 3.63) is 28.8 Å². The van der Waals surface area contributed by atoms with E-state index in [1.165, 1.54) is 4.31 Å². The number of hydrogen-bond donors (Lipinski definition) is 1. The third kappa shape index (κ3) is 3.28. The summed E-state index contributed by atoms with van der Waals surface area (Å²) in [4.78, 5) is 0.112. The molecule has 6 heteroatoms. The van der Waals surface area contributed by atoms with Gasteiger partial charge in [0, 0.05) is 19.1 Å². The predicted octanol–water partition coefficient (Wildman–Crippen LogP) is 2.61. The minimum atomic E-state index is -3.63. The van der Waals surface area contributed by atoms with Crippen molar-refractivity contribution in [2.45, 2.75) is 44.2 Å². The van der Waals surface area contributed by atoms with Gasteiger partial charge in [-0.15, -0.1) is 0 Å². The van der Waals surface area contributed by atoms with Crippen LogP contribution in [0, 0.1) is 0 Å². The van der Waals surface area contributed by atoms with Crippen molar-refractivity contribution in [3.63, 3.8) is 0 Å².